The Balaban J connectivity index is 2.02. The topological polar surface area (TPSA) is 72.4 Å². The molecule has 3 atom stereocenters. The highest BCUT2D eigenvalue weighted by Gasteiger charge is 2.30. The largest absolute Gasteiger partial charge is 0.380 e. The summed E-state index contributed by atoms with van der Waals surface area (Å²) in [5, 5.41) is 7.75. The lowest BCUT2D eigenvalue weighted by Crippen LogP contribution is -2.26. The smallest absolute Gasteiger partial charge is 0.252 e. The number of anilines is 1. The van der Waals surface area contributed by atoms with Crippen molar-refractivity contribution < 1.29 is 4.79 Å². The number of nitrogens with one attached hydrogen (secondary N) is 1. The summed E-state index contributed by atoms with van der Waals surface area (Å²) in [6.07, 6.45) is 5.75. The van der Waals surface area contributed by atoms with Gasteiger partial charge in [-0.1, -0.05) is 13.8 Å². The first kappa shape index (κ1) is 13.0. The summed E-state index contributed by atoms with van der Waals surface area (Å²) >= 11 is 0. The zero-order valence-electron chi connectivity index (χ0n) is 11.8. The number of hydrogen-bond acceptors (Lipinski definition) is 3. The quantitative estimate of drug-likeness (QED) is 0.900. The molecule has 3 N–H and O–H groups in total. The number of primary amides is 1. The van der Waals surface area contributed by atoms with Gasteiger partial charge in [-0.15, -0.1) is 0 Å². The van der Waals surface area contributed by atoms with Crippen LogP contribution in [-0.2, 0) is 0 Å². The van der Waals surface area contributed by atoms with Gasteiger partial charge in [-0.3, -0.25) is 4.79 Å². The second-order valence-electron chi connectivity index (χ2n) is 5.80. The number of hydrogen-bond donors (Lipinski definition) is 2. The molecule has 1 aliphatic carbocycles. The molecule has 1 saturated carbocycles. The zero-order valence-corrected chi connectivity index (χ0v) is 11.8. The average molecular weight is 272 g/mol. The van der Waals surface area contributed by atoms with E-state index in [4.69, 9.17) is 5.73 Å². The number of carbonyl (C=O) groups excluding carboxylic acids is 1. The Labute approximate surface area is 118 Å². The monoisotopic (exact) mass is 272 g/mol. The molecule has 5 nitrogen and oxygen atoms in total. The van der Waals surface area contributed by atoms with E-state index in [1.165, 1.54) is 6.42 Å². The van der Waals surface area contributed by atoms with Gasteiger partial charge in [0, 0.05) is 12.2 Å². The van der Waals surface area contributed by atoms with E-state index in [0.29, 0.717) is 23.4 Å². The van der Waals surface area contributed by atoms with E-state index in [2.05, 4.69) is 24.3 Å². The van der Waals surface area contributed by atoms with E-state index in [9.17, 15) is 4.79 Å². The Hall–Kier alpha value is -2.04. The maximum atomic E-state index is 11.6. The molecule has 106 valence electrons. The van der Waals surface area contributed by atoms with Crippen LogP contribution in [0.25, 0.3) is 5.52 Å². The lowest BCUT2D eigenvalue weighted by atomic mass is 9.97. The predicted molar refractivity (Wildman–Crippen MR) is 78.7 cm³/mol. The Morgan fingerprint density at radius 1 is 1.45 bits per heavy atom. The fraction of sp³-hybridized carbons (Fsp3) is 0.467. The molecule has 20 heavy (non-hydrogen) atoms. The molecule has 2 aromatic heterocycles. The summed E-state index contributed by atoms with van der Waals surface area (Å²) in [6, 6.07) is 4.24. The fourth-order valence-corrected chi connectivity index (χ4v) is 3.09. The van der Waals surface area contributed by atoms with E-state index in [1.54, 1.807) is 10.7 Å². The average Bonchev–Trinajstić information content (AvgIpc) is 3.00. The Bertz CT molecular complexity index is 648. The summed E-state index contributed by atoms with van der Waals surface area (Å²) in [5.74, 6) is 0.843. The van der Waals surface area contributed by atoms with Crippen LogP contribution in [0.5, 0.6) is 0 Å². The van der Waals surface area contributed by atoms with Crippen molar-refractivity contribution in [2.75, 3.05) is 5.32 Å². The third kappa shape index (κ3) is 2.03. The van der Waals surface area contributed by atoms with Gasteiger partial charge >= 0.3 is 0 Å². The summed E-state index contributed by atoms with van der Waals surface area (Å²) in [6.45, 7) is 4.54. The summed E-state index contributed by atoms with van der Waals surface area (Å²) in [5.41, 5.74) is 7.65. The Kier molecular flexibility index (Phi) is 3.12. The first-order chi connectivity index (χ1) is 9.58. The SMILES string of the molecule is CC1CCC(Nc2c(C(N)=O)cnn3cccc23)C1C. The van der Waals surface area contributed by atoms with Crippen molar-refractivity contribution in [1.82, 2.24) is 9.61 Å². The minimum absolute atomic E-state index is 0.379. The molecule has 5 heteroatoms. The molecular weight excluding hydrogens is 252 g/mol. The molecule has 2 aromatic rings. The van der Waals surface area contributed by atoms with Crippen LogP contribution < -0.4 is 11.1 Å². The highest BCUT2D eigenvalue weighted by atomic mass is 16.1. The number of carbonyl (C=O) groups is 1. The van der Waals surface area contributed by atoms with Crippen molar-refractivity contribution >= 4 is 17.1 Å². The van der Waals surface area contributed by atoms with E-state index in [-0.39, 0.29) is 0 Å². The Morgan fingerprint density at radius 3 is 2.90 bits per heavy atom. The molecule has 1 amide bonds. The van der Waals surface area contributed by atoms with Crippen LogP contribution in [-0.4, -0.2) is 21.6 Å². The number of rotatable bonds is 3. The molecule has 2 heterocycles. The first-order valence-electron chi connectivity index (χ1n) is 7.10. The third-order valence-corrected chi connectivity index (χ3v) is 4.63. The first-order valence-corrected chi connectivity index (χ1v) is 7.10. The van der Waals surface area contributed by atoms with Crippen LogP contribution in [0.1, 0.15) is 37.0 Å². The van der Waals surface area contributed by atoms with E-state index in [0.717, 1.165) is 17.6 Å². The van der Waals surface area contributed by atoms with Gasteiger partial charge < -0.3 is 11.1 Å². The van der Waals surface area contributed by atoms with Gasteiger partial charge in [0.15, 0.2) is 0 Å². The molecule has 0 bridgehead atoms. The number of amides is 1. The van der Waals surface area contributed by atoms with Gasteiger partial charge in [0.25, 0.3) is 5.91 Å². The molecule has 3 unspecified atom stereocenters. The van der Waals surface area contributed by atoms with Crippen LogP contribution in [0.3, 0.4) is 0 Å². The number of nitrogens with two attached hydrogens (primary N) is 1. The van der Waals surface area contributed by atoms with Crippen molar-refractivity contribution in [3.8, 4) is 0 Å². The molecule has 0 spiro atoms. The molecule has 3 rings (SSSR count). The van der Waals surface area contributed by atoms with Crippen LogP contribution in [0.2, 0.25) is 0 Å². The molecule has 0 aromatic carbocycles. The second kappa shape index (κ2) is 4.81. The minimum atomic E-state index is -0.442. The normalized spacial score (nSPS) is 26.0. The van der Waals surface area contributed by atoms with Crippen molar-refractivity contribution in [2.24, 2.45) is 17.6 Å². The molecule has 0 aliphatic heterocycles. The second-order valence-corrected chi connectivity index (χ2v) is 5.80. The summed E-state index contributed by atoms with van der Waals surface area (Å²) in [7, 11) is 0. The Morgan fingerprint density at radius 2 is 2.25 bits per heavy atom. The van der Waals surface area contributed by atoms with Crippen LogP contribution in [0, 0.1) is 11.8 Å². The van der Waals surface area contributed by atoms with Gasteiger partial charge in [-0.25, -0.2) is 4.52 Å². The van der Waals surface area contributed by atoms with Crippen molar-refractivity contribution in [2.45, 2.75) is 32.7 Å². The minimum Gasteiger partial charge on any atom is -0.380 e. The number of fused-ring (bicyclic) bond motifs is 1. The zero-order chi connectivity index (χ0) is 14.3. The number of nitrogens with zero attached hydrogens (tertiary/aromatic N) is 2. The molecule has 1 fully saturated rings. The van der Waals surface area contributed by atoms with E-state index < -0.39 is 5.91 Å². The molecule has 0 radical (unpaired) electrons. The fourth-order valence-electron chi connectivity index (χ4n) is 3.09. The van der Waals surface area contributed by atoms with Gasteiger partial charge in [0.2, 0.25) is 0 Å². The van der Waals surface area contributed by atoms with Crippen molar-refractivity contribution in [3.63, 3.8) is 0 Å². The molecular formula is C15H20N4O. The molecule has 0 saturated heterocycles. The summed E-state index contributed by atoms with van der Waals surface area (Å²) in [4.78, 5) is 11.6. The third-order valence-electron chi connectivity index (χ3n) is 4.63. The maximum Gasteiger partial charge on any atom is 0.252 e. The van der Waals surface area contributed by atoms with Gasteiger partial charge in [-0.05, 0) is 36.8 Å². The van der Waals surface area contributed by atoms with Crippen LogP contribution in [0.4, 0.5) is 5.69 Å². The van der Waals surface area contributed by atoms with Gasteiger partial charge in [-0.2, -0.15) is 5.10 Å². The predicted octanol–water partition coefficient (Wildman–Crippen LogP) is 2.28. The summed E-state index contributed by atoms with van der Waals surface area (Å²) < 4.78 is 1.76. The van der Waals surface area contributed by atoms with Gasteiger partial charge in [0.05, 0.1) is 23.0 Å². The maximum absolute atomic E-state index is 11.6. The lowest BCUT2D eigenvalue weighted by molar-refractivity contribution is 0.100. The molecule has 1 aliphatic rings. The van der Waals surface area contributed by atoms with Crippen LogP contribution >= 0.6 is 0 Å². The van der Waals surface area contributed by atoms with Gasteiger partial charge in [0.1, 0.15) is 0 Å². The lowest BCUT2D eigenvalue weighted by Gasteiger charge is -2.22. The van der Waals surface area contributed by atoms with Crippen molar-refractivity contribution in [1.29, 1.82) is 0 Å². The highest BCUT2D eigenvalue weighted by molar-refractivity contribution is 6.01. The highest BCUT2D eigenvalue weighted by Crippen LogP contribution is 2.34. The standard InChI is InChI=1S/C15H20N4O/c1-9-5-6-12(10(9)2)18-14-11(15(16)20)8-17-19-7-3-4-13(14)19/h3-4,7-10,12,18H,5-6H2,1-2H3,(H2,16,20). The van der Waals surface area contributed by atoms with Crippen LogP contribution in [0.15, 0.2) is 24.5 Å². The van der Waals surface area contributed by atoms with E-state index in [1.807, 2.05) is 18.3 Å². The number of aromatic nitrogens is 2. The van der Waals surface area contributed by atoms with Crippen molar-refractivity contribution in [3.05, 3.63) is 30.1 Å². The van der Waals surface area contributed by atoms with E-state index >= 15 is 0 Å².